The maximum atomic E-state index is 13.2. The van der Waals surface area contributed by atoms with Crippen molar-refractivity contribution in [1.29, 1.82) is 0 Å². The van der Waals surface area contributed by atoms with Gasteiger partial charge in [0.2, 0.25) is 5.95 Å². The third-order valence-corrected chi connectivity index (χ3v) is 7.88. The van der Waals surface area contributed by atoms with Crippen molar-refractivity contribution in [2.45, 2.75) is 31.6 Å². The summed E-state index contributed by atoms with van der Waals surface area (Å²) < 4.78 is 0. The van der Waals surface area contributed by atoms with Gasteiger partial charge in [-0.25, -0.2) is 19.9 Å². The van der Waals surface area contributed by atoms with Crippen LogP contribution in [0.15, 0.2) is 91.2 Å². The van der Waals surface area contributed by atoms with E-state index in [2.05, 4.69) is 27.4 Å². The summed E-state index contributed by atoms with van der Waals surface area (Å²) in [4.78, 5) is 31.8. The first kappa shape index (κ1) is 23.0. The molecule has 0 spiro atoms. The van der Waals surface area contributed by atoms with E-state index in [1.807, 2.05) is 55.5 Å². The fourth-order valence-electron chi connectivity index (χ4n) is 6.23. The van der Waals surface area contributed by atoms with Crippen molar-refractivity contribution < 1.29 is 9.90 Å². The number of allylic oxidation sites excluding steroid dienone is 1. The van der Waals surface area contributed by atoms with E-state index in [-0.39, 0.29) is 17.6 Å². The van der Waals surface area contributed by atoms with Gasteiger partial charge in [0.15, 0.2) is 5.78 Å². The van der Waals surface area contributed by atoms with Crippen molar-refractivity contribution in [1.82, 2.24) is 19.9 Å². The minimum atomic E-state index is -0.600. The monoisotopic (exact) mass is 489 g/mol. The Kier molecular flexibility index (Phi) is 5.75. The molecule has 0 aliphatic heterocycles. The molecule has 2 aromatic carbocycles. The number of ketones is 1. The first-order valence-corrected chi connectivity index (χ1v) is 12.5. The van der Waals surface area contributed by atoms with Crippen molar-refractivity contribution in [3.63, 3.8) is 0 Å². The topological polar surface area (TPSA) is 101 Å². The molecule has 2 heterocycles. The van der Waals surface area contributed by atoms with Crippen LogP contribution in [0.25, 0.3) is 11.3 Å². The summed E-state index contributed by atoms with van der Waals surface area (Å²) in [6.45, 7) is 1.98. The van der Waals surface area contributed by atoms with Gasteiger partial charge in [0.05, 0.1) is 17.6 Å². The van der Waals surface area contributed by atoms with Gasteiger partial charge in [-0.1, -0.05) is 55.5 Å². The summed E-state index contributed by atoms with van der Waals surface area (Å²) in [6.07, 6.45) is 7.97. The molecule has 2 aliphatic carbocycles. The number of carbonyl (C=O) groups excluding carboxylic acids is 1. The minimum Gasteiger partial charge on any atom is -0.515 e. The zero-order valence-corrected chi connectivity index (χ0v) is 20.5. The molecule has 2 N–H and O–H groups in total. The molecule has 4 aromatic rings. The van der Waals surface area contributed by atoms with E-state index in [9.17, 15) is 9.90 Å². The van der Waals surface area contributed by atoms with Crippen LogP contribution in [0, 0.1) is 11.8 Å². The second kappa shape index (κ2) is 9.24. The van der Waals surface area contributed by atoms with Crippen LogP contribution in [0.2, 0.25) is 0 Å². The van der Waals surface area contributed by atoms with Crippen LogP contribution in [0.1, 0.15) is 36.6 Å². The second-order valence-electron chi connectivity index (χ2n) is 9.81. The minimum absolute atomic E-state index is 0.0101. The Morgan fingerprint density at radius 2 is 1.70 bits per heavy atom. The number of hydrogen-bond donors (Lipinski definition) is 2. The number of nitrogens with zero attached hydrogens (tertiary/aromatic N) is 4. The van der Waals surface area contributed by atoms with Crippen molar-refractivity contribution >= 4 is 17.4 Å². The number of rotatable bonds is 4. The maximum Gasteiger partial charge on any atom is 0.228 e. The molecule has 7 nitrogen and oxygen atoms in total. The Labute approximate surface area is 215 Å². The first-order chi connectivity index (χ1) is 18.1. The standard InChI is InChI=1S/C30H27N5O2/c1-19-25-13-12-24-26(21-15-31-18-32-16-21)34-29(33-23-10-6-3-7-11-23)35-28(24)30(25,14-20(17-36)27(19)37)22-8-4-2-5-9-22/h2-11,15-19,25,36H,12-14H2,1H3,(H,33,34,35)/b20-17-/t19-,25-,30+/m0/s1. The number of nitrogens with one attached hydrogen (secondary N) is 1. The van der Waals surface area contributed by atoms with E-state index < -0.39 is 5.41 Å². The molecule has 6 rings (SSSR count). The molecule has 1 saturated carbocycles. The summed E-state index contributed by atoms with van der Waals surface area (Å²) >= 11 is 0. The lowest BCUT2D eigenvalue weighted by molar-refractivity contribution is -0.123. The summed E-state index contributed by atoms with van der Waals surface area (Å²) in [5.41, 5.74) is 5.32. The van der Waals surface area contributed by atoms with Crippen molar-refractivity contribution in [3.05, 3.63) is 108 Å². The van der Waals surface area contributed by atoms with Gasteiger partial charge in [0.25, 0.3) is 0 Å². The van der Waals surface area contributed by atoms with Gasteiger partial charge in [0.1, 0.15) is 6.33 Å². The van der Waals surface area contributed by atoms with Crippen LogP contribution in [-0.2, 0) is 16.6 Å². The predicted octanol–water partition coefficient (Wildman–Crippen LogP) is 5.58. The molecular weight excluding hydrogens is 462 g/mol. The average molecular weight is 490 g/mol. The Bertz CT molecular complexity index is 1470. The highest BCUT2D eigenvalue weighted by atomic mass is 16.2. The van der Waals surface area contributed by atoms with E-state index in [0.717, 1.165) is 52.9 Å². The van der Waals surface area contributed by atoms with Gasteiger partial charge in [-0.05, 0) is 42.9 Å². The highest BCUT2D eigenvalue weighted by Crippen LogP contribution is 2.56. The number of aliphatic hydroxyl groups is 1. The Morgan fingerprint density at radius 1 is 1.00 bits per heavy atom. The molecule has 2 aromatic heterocycles. The zero-order chi connectivity index (χ0) is 25.4. The first-order valence-electron chi connectivity index (χ1n) is 12.5. The van der Waals surface area contributed by atoms with Crippen LogP contribution < -0.4 is 5.32 Å². The molecule has 0 unspecified atom stereocenters. The van der Waals surface area contributed by atoms with Crippen LogP contribution >= 0.6 is 0 Å². The van der Waals surface area contributed by atoms with Crippen LogP contribution in [-0.4, -0.2) is 30.8 Å². The van der Waals surface area contributed by atoms with Crippen LogP contribution in [0.3, 0.4) is 0 Å². The van der Waals surface area contributed by atoms with E-state index in [1.165, 1.54) is 6.33 Å². The van der Waals surface area contributed by atoms with Gasteiger partial charge < -0.3 is 10.4 Å². The van der Waals surface area contributed by atoms with Gasteiger partial charge in [-0.15, -0.1) is 0 Å². The number of hydrogen-bond acceptors (Lipinski definition) is 7. The van der Waals surface area contributed by atoms with E-state index in [1.54, 1.807) is 12.4 Å². The van der Waals surface area contributed by atoms with Crippen molar-refractivity contribution in [3.8, 4) is 11.3 Å². The fourth-order valence-corrected chi connectivity index (χ4v) is 6.23. The Balaban J connectivity index is 1.65. The summed E-state index contributed by atoms with van der Waals surface area (Å²) in [7, 11) is 0. The molecular formula is C30H27N5O2. The molecule has 1 fully saturated rings. The smallest absolute Gasteiger partial charge is 0.228 e. The van der Waals surface area contributed by atoms with Crippen molar-refractivity contribution in [2.75, 3.05) is 5.32 Å². The van der Waals surface area contributed by atoms with Gasteiger partial charge in [0, 0.05) is 46.1 Å². The lowest BCUT2D eigenvalue weighted by Gasteiger charge is -2.51. The molecule has 7 heteroatoms. The van der Waals surface area contributed by atoms with Gasteiger partial charge in [-0.2, -0.15) is 0 Å². The Hall–Kier alpha value is -4.39. The Morgan fingerprint density at radius 3 is 2.41 bits per heavy atom. The number of Topliss-reactive ketones (excluding diaryl/α,β-unsaturated/α-hetero) is 1. The number of aliphatic hydroxyl groups excluding tert-OH is 1. The van der Waals surface area contributed by atoms with Crippen LogP contribution in [0.5, 0.6) is 0 Å². The molecule has 2 aliphatic rings. The fraction of sp³-hybridized carbons (Fsp3) is 0.233. The van der Waals surface area contributed by atoms with Gasteiger partial charge in [-0.3, -0.25) is 4.79 Å². The molecule has 3 atom stereocenters. The molecule has 37 heavy (non-hydrogen) atoms. The lowest BCUT2D eigenvalue weighted by atomic mass is 9.52. The van der Waals surface area contributed by atoms with Crippen LogP contribution in [0.4, 0.5) is 11.6 Å². The molecule has 0 bridgehead atoms. The quantitative estimate of drug-likeness (QED) is 0.285. The third-order valence-electron chi connectivity index (χ3n) is 7.88. The molecule has 0 radical (unpaired) electrons. The number of anilines is 2. The van der Waals surface area contributed by atoms with Crippen molar-refractivity contribution in [2.24, 2.45) is 11.8 Å². The zero-order valence-electron chi connectivity index (χ0n) is 20.5. The van der Waals surface area contributed by atoms with Gasteiger partial charge >= 0.3 is 0 Å². The summed E-state index contributed by atoms with van der Waals surface area (Å²) in [5, 5.41) is 13.5. The molecule has 184 valence electrons. The lowest BCUT2D eigenvalue weighted by Crippen LogP contribution is -2.51. The molecule has 0 saturated heterocycles. The number of para-hydroxylation sites is 1. The summed E-state index contributed by atoms with van der Waals surface area (Å²) in [6, 6.07) is 20.1. The number of aromatic nitrogens is 4. The third kappa shape index (κ3) is 3.78. The SMILES string of the molecule is C[C@@H]1C(=O)/C(=C\O)C[C@]2(c3ccccc3)c3nc(Nc4ccccc4)nc(-c4cncnc4)c3CC[C@@H]12. The highest BCUT2D eigenvalue weighted by Gasteiger charge is 2.55. The van der Waals surface area contributed by atoms with E-state index in [0.29, 0.717) is 17.9 Å². The highest BCUT2D eigenvalue weighted by molar-refractivity contribution is 5.98. The van der Waals surface area contributed by atoms with E-state index >= 15 is 0 Å². The number of benzene rings is 2. The maximum absolute atomic E-state index is 13.2. The summed E-state index contributed by atoms with van der Waals surface area (Å²) in [5.74, 6) is 0.247. The van der Waals surface area contributed by atoms with E-state index in [4.69, 9.17) is 9.97 Å². The molecule has 0 amide bonds. The predicted molar refractivity (Wildman–Crippen MR) is 141 cm³/mol. The average Bonchev–Trinajstić information content (AvgIpc) is 2.96. The normalized spacial score (nSPS) is 23.8. The number of fused-ring (bicyclic) bond motifs is 3. The number of carbonyl (C=O) groups is 1. The second-order valence-corrected chi connectivity index (χ2v) is 9.81. The largest absolute Gasteiger partial charge is 0.515 e.